The van der Waals surface area contributed by atoms with E-state index in [1.54, 1.807) is 5.51 Å². The van der Waals surface area contributed by atoms with Crippen molar-refractivity contribution in [2.45, 2.75) is 13.2 Å². The molecule has 3 aromatic rings. The lowest BCUT2D eigenvalue weighted by molar-refractivity contribution is 0.297. The van der Waals surface area contributed by atoms with Crippen LogP contribution in [0.1, 0.15) is 11.3 Å². The van der Waals surface area contributed by atoms with Crippen molar-refractivity contribution in [3.05, 3.63) is 57.5 Å². The van der Waals surface area contributed by atoms with Crippen LogP contribution in [-0.4, -0.2) is 21.6 Å². The lowest BCUT2D eigenvalue weighted by Crippen LogP contribution is -2.16. The number of nitrogens with zero attached hydrogens (tertiary/aromatic N) is 3. The molecule has 0 aliphatic rings. The first-order chi connectivity index (χ1) is 10.3. The van der Waals surface area contributed by atoms with Crippen LogP contribution in [-0.2, 0) is 13.2 Å². The molecular formula is C14H14N4O2S. The Morgan fingerprint density at radius 1 is 1.38 bits per heavy atom. The molecule has 0 atom stereocenters. The molecule has 0 spiro atoms. The summed E-state index contributed by atoms with van der Waals surface area (Å²) < 4.78 is 7.07. The topological polar surface area (TPSA) is 68.5 Å². The normalized spacial score (nSPS) is 10.9. The van der Waals surface area contributed by atoms with E-state index >= 15 is 0 Å². The Bertz CT molecular complexity index is 812. The minimum atomic E-state index is -0.191. The maximum atomic E-state index is 11.8. The van der Waals surface area contributed by atoms with Crippen molar-refractivity contribution in [3.8, 4) is 5.75 Å². The molecule has 0 saturated heterocycles. The van der Waals surface area contributed by atoms with Crippen LogP contribution in [0.2, 0.25) is 0 Å². The zero-order valence-corrected chi connectivity index (χ0v) is 12.3. The van der Waals surface area contributed by atoms with Gasteiger partial charge in [0.2, 0.25) is 4.96 Å². The van der Waals surface area contributed by atoms with Gasteiger partial charge >= 0.3 is 0 Å². The first kappa shape index (κ1) is 13.7. The summed E-state index contributed by atoms with van der Waals surface area (Å²) in [6, 6.07) is 9.25. The first-order valence-electron chi connectivity index (χ1n) is 6.45. The monoisotopic (exact) mass is 302 g/mol. The molecule has 2 heterocycles. The molecule has 2 aromatic heterocycles. The van der Waals surface area contributed by atoms with Crippen LogP contribution in [0.25, 0.3) is 4.96 Å². The third kappa shape index (κ3) is 2.93. The zero-order valence-electron chi connectivity index (χ0n) is 11.4. The predicted octanol–water partition coefficient (Wildman–Crippen LogP) is 1.45. The molecule has 6 nitrogen and oxygen atoms in total. The second-order valence-electron chi connectivity index (χ2n) is 4.45. The quantitative estimate of drug-likeness (QED) is 0.772. The second-order valence-corrected chi connectivity index (χ2v) is 5.26. The molecule has 0 saturated carbocycles. The van der Waals surface area contributed by atoms with Crippen LogP contribution in [0.5, 0.6) is 5.75 Å². The van der Waals surface area contributed by atoms with Gasteiger partial charge in [-0.1, -0.05) is 29.5 Å². The van der Waals surface area contributed by atoms with Crippen molar-refractivity contribution < 1.29 is 4.74 Å². The maximum Gasteiger partial charge on any atom is 0.275 e. The van der Waals surface area contributed by atoms with Gasteiger partial charge in [0.25, 0.3) is 5.56 Å². The van der Waals surface area contributed by atoms with E-state index in [9.17, 15) is 4.79 Å². The summed E-state index contributed by atoms with van der Waals surface area (Å²) in [4.78, 5) is 16.8. The molecule has 0 radical (unpaired) electrons. The summed E-state index contributed by atoms with van der Waals surface area (Å²) in [6.07, 6.45) is 0. The Balaban J connectivity index is 1.82. The summed E-state index contributed by atoms with van der Waals surface area (Å²) >= 11 is 1.32. The summed E-state index contributed by atoms with van der Waals surface area (Å²) in [7, 11) is 1.89. The number of nitrogens with one attached hydrogen (secondary N) is 1. The molecule has 0 aliphatic heterocycles. The van der Waals surface area contributed by atoms with Crippen LogP contribution in [0.15, 0.2) is 40.6 Å². The number of benzene rings is 1. The van der Waals surface area contributed by atoms with Crippen molar-refractivity contribution in [1.82, 2.24) is 19.9 Å². The van der Waals surface area contributed by atoms with E-state index in [0.717, 1.165) is 17.9 Å². The number of para-hydroxylation sites is 1. The number of fused-ring (bicyclic) bond motifs is 1. The van der Waals surface area contributed by atoms with Crippen molar-refractivity contribution in [2.24, 2.45) is 0 Å². The Kier molecular flexibility index (Phi) is 3.94. The third-order valence-electron chi connectivity index (χ3n) is 2.96. The first-order valence-corrected chi connectivity index (χ1v) is 7.33. The SMILES string of the molecule is CNCc1ccccc1OCc1cc(=O)n2ncsc2n1. The Morgan fingerprint density at radius 2 is 2.24 bits per heavy atom. The molecule has 1 N–H and O–H groups in total. The number of ether oxygens (including phenoxy) is 1. The van der Waals surface area contributed by atoms with Crippen molar-refractivity contribution in [3.63, 3.8) is 0 Å². The molecule has 0 aliphatic carbocycles. The molecule has 7 heteroatoms. The lowest BCUT2D eigenvalue weighted by atomic mass is 10.2. The maximum absolute atomic E-state index is 11.8. The molecule has 0 bridgehead atoms. The summed E-state index contributed by atoms with van der Waals surface area (Å²) in [6.45, 7) is 0.977. The van der Waals surface area contributed by atoms with E-state index < -0.39 is 0 Å². The van der Waals surface area contributed by atoms with Gasteiger partial charge in [0.1, 0.15) is 17.9 Å². The summed E-state index contributed by atoms with van der Waals surface area (Å²) in [5.74, 6) is 0.790. The molecular weight excluding hydrogens is 288 g/mol. The van der Waals surface area contributed by atoms with Gasteiger partial charge < -0.3 is 10.1 Å². The average molecular weight is 302 g/mol. The highest BCUT2D eigenvalue weighted by atomic mass is 32.1. The van der Waals surface area contributed by atoms with Crippen LogP contribution in [0, 0.1) is 0 Å². The van der Waals surface area contributed by atoms with Gasteiger partial charge in [0.05, 0.1) is 5.69 Å². The Morgan fingerprint density at radius 3 is 3.10 bits per heavy atom. The highest BCUT2D eigenvalue weighted by Gasteiger charge is 2.07. The number of hydrogen-bond acceptors (Lipinski definition) is 6. The van der Waals surface area contributed by atoms with Crippen molar-refractivity contribution >= 4 is 16.3 Å². The minimum absolute atomic E-state index is 0.191. The largest absolute Gasteiger partial charge is 0.487 e. The van der Waals surface area contributed by atoms with Gasteiger partial charge in [0, 0.05) is 18.2 Å². The summed E-state index contributed by atoms with van der Waals surface area (Å²) in [5.41, 5.74) is 3.07. The standard InChI is InChI=1S/C14H14N4O2S/c1-15-7-10-4-2-3-5-12(10)20-8-11-6-13(19)18-14(17-11)21-9-16-18/h2-6,9,15H,7-8H2,1H3. The number of aromatic nitrogens is 3. The number of hydrogen-bond donors (Lipinski definition) is 1. The van der Waals surface area contributed by atoms with Gasteiger partial charge in [-0.25, -0.2) is 4.98 Å². The third-order valence-corrected chi connectivity index (χ3v) is 3.63. The van der Waals surface area contributed by atoms with E-state index in [2.05, 4.69) is 15.4 Å². The molecule has 21 heavy (non-hydrogen) atoms. The van der Waals surface area contributed by atoms with E-state index in [0.29, 0.717) is 10.7 Å². The van der Waals surface area contributed by atoms with Crippen LogP contribution in [0.4, 0.5) is 0 Å². The van der Waals surface area contributed by atoms with Crippen LogP contribution in [0.3, 0.4) is 0 Å². The average Bonchev–Trinajstić information content (AvgIpc) is 2.96. The molecule has 1 aromatic carbocycles. The molecule has 0 unspecified atom stereocenters. The fourth-order valence-corrected chi connectivity index (χ4v) is 2.65. The van der Waals surface area contributed by atoms with Crippen molar-refractivity contribution in [1.29, 1.82) is 0 Å². The van der Waals surface area contributed by atoms with E-state index in [-0.39, 0.29) is 12.2 Å². The highest BCUT2D eigenvalue weighted by Crippen LogP contribution is 2.18. The van der Waals surface area contributed by atoms with Crippen LogP contribution >= 0.6 is 11.3 Å². The molecule has 108 valence electrons. The Labute approximate surface area is 125 Å². The molecule has 3 rings (SSSR count). The van der Waals surface area contributed by atoms with Gasteiger partial charge in [-0.15, -0.1) is 0 Å². The smallest absolute Gasteiger partial charge is 0.275 e. The van der Waals surface area contributed by atoms with E-state index in [4.69, 9.17) is 4.74 Å². The Hall–Kier alpha value is -2.25. The van der Waals surface area contributed by atoms with Gasteiger partial charge in [-0.3, -0.25) is 4.79 Å². The van der Waals surface area contributed by atoms with Crippen molar-refractivity contribution in [2.75, 3.05) is 7.05 Å². The van der Waals surface area contributed by atoms with Crippen LogP contribution < -0.4 is 15.6 Å². The van der Waals surface area contributed by atoms with Gasteiger partial charge in [-0.2, -0.15) is 9.61 Å². The van der Waals surface area contributed by atoms with E-state index in [1.807, 2.05) is 31.3 Å². The van der Waals surface area contributed by atoms with E-state index in [1.165, 1.54) is 21.9 Å². The fourth-order valence-electron chi connectivity index (χ4n) is 2.01. The summed E-state index contributed by atoms with van der Waals surface area (Å²) in [5, 5.41) is 7.02. The lowest BCUT2D eigenvalue weighted by Gasteiger charge is -2.10. The molecule has 0 fully saturated rings. The molecule has 0 amide bonds. The van der Waals surface area contributed by atoms with Gasteiger partial charge in [-0.05, 0) is 13.1 Å². The minimum Gasteiger partial charge on any atom is -0.487 e. The second kappa shape index (κ2) is 6.02. The van der Waals surface area contributed by atoms with Gasteiger partial charge in [0.15, 0.2) is 0 Å². The highest BCUT2D eigenvalue weighted by molar-refractivity contribution is 7.14. The zero-order chi connectivity index (χ0) is 14.7. The predicted molar refractivity (Wildman–Crippen MR) is 80.7 cm³/mol. The fraction of sp³-hybridized carbons (Fsp3) is 0.214. The number of rotatable bonds is 5.